The maximum absolute atomic E-state index is 14.1. The molecule has 0 spiro atoms. The van der Waals surface area contributed by atoms with Gasteiger partial charge in [0.05, 0.1) is 12.1 Å². The van der Waals surface area contributed by atoms with Crippen molar-refractivity contribution in [2.24, 2.45) is 0 Å². The Labute approximate surface area is 191 Å². The van der Waals surface area contributed by atoms with Crippen LogP contribution in [0.4, 0.5) is 4.39 Å². The number of hydrogen-bond donors (Lipinski definition) is 1. The first-order valence-electron chi connectivity index (χ1n) is 10.0. The molecule has 158 valence electrons. The van der Waals surface area contributed by atoms with E-state index < -0.39 is 0 Å². The van der Waals surface area contributed by atoms with Gasteiger partial charge in [-0.3, -0.25) is 14.9 Å². The molecule has 5 aromatic rings. The van der Waals surface area contributed by atoms with Crippen molar-refractivity contribution in [1.29, 1.82) is 0 Å². The van der Waals surface area contributed by atoms with E-state index in [1.54, 1.807) is 30.6 Å². The SMILES string of the molecule is Cc1cc(-c2n[nH]c3ccc(-c4ccn(Cc5cc(Br)ccc5F)c(=O)c4)cc23)ccn1. The van der Waals surface area contributed by atoms with E-state index in [1.807, 2.05) is 43.3 Å². The van der Waals surface area contributed by atoms with Gasteiger partial charge in [0, 0.05) is 45.1 Å². The summed E-state index contributed by atoms with van der Waals surface area (Å²) in [6.45, 7) is 2.11. The molecule has 0 bridgehead atoms. The summed E-state index contributed by atoms with van der Waals surface area (Å²) in [6.07, 6.45) is 3.47. The van der Waals surface area contributed by atoms with Crippen LogP contribution >= 0.6 is 15.9 Å². The third-order valence-electron chi connectivity index (χ3n) is 5.41. The van der Waals surface area contributed by atoms with Crippen molar-refractivity contribution in [2.75, 3.05) is 0 Å². The first-order valence-corrected chi connectivity index (χ1v) is 10.8. The van der Waals surface area contributed by atoms with Gasteiger partial charge in [-0.2, -0.15) is 5.10 Å². The van der Waals surface area contributed by atoms with Gasteiger partial charge in [-0.15, -0.1) is 0 Å². The molecule has 0 unspecified atom stereocenters. The molecule has 0 saturated carbocycles. The second-order valence-electron chi connectivity index (χ2n) is 7.64. The number of hydrogen-bond acceptors (Lipinski definition) is 3. The third-order valence-corrected chi connectivity index (χ3v) is 5.90. The summed E-state index contributed by atoms with van der Waals surface area (Å²) in [5.74, 6) is -0.339. The molecule has 2 aromatic carbocycles. The van der Waals surface area contributed by atoms with E-state index >= 15 is 0 Å². The number of benzene rings is 2. The molecule has 0 atom stereocenters. The third kappa shape index (κ3) is 3.87. The average molecular weight is 489 g/mol. The van der Waals surface area contributed by atoms with Crippen molar-refractivity contribution >= 4 is 26.8 Å². The Kier molecular flexibility index (Phi) is 5.19. The van der Waals surface area contributed by atoms with E-state index in [0.29, 0.717) is 5.56 Å². The highest BCUT2D eigenvalue weighted by molar-refractivity contribution is 9.10. The Hall–Kier alpha value is -3.58. The van der Waals surface area contributed by atoms with Crippen LogP contribution in [0.15, 0.2) is 82.3 Å². The van der Waals surface area contributed by atoms with Crippen molar-refractivity contribution in [2.45, 2.75) is 13.5 Å². The lowest BCUT2D eigenvalue weighted by Gasteiger charge is -2.09. The number of H-pyrrole nitrogens is 1. The summed E-state index contributed by atoms with van der Waals surface area (Å²) >= 11 is 3.35. The van der Waals surface area contributed by atoms with Crippen molar-refractivity contribution in [1.82, 2.24) is 19.7 Å². The summed E-state index contributed by atoms with van der Waals surface area (Å²) in [5.41, 5.74) is 5.60. The molecule has 0 aliphatic carbocycles. The molecule has 32 heavy (non-hydrogen) atoms. The summed E-state index contributed by atoms with van der Waals surface area (Å²) < 4.78 is 16.4. The lowest BCUT2D eigenvalue weighted by atomic mass is 10.0. The number of rotatable bonds is 4. The second-order valence-corrected chi connectivity index (χ2v) is 8.55. The number of aromatic nitrogens is 4. The van der Waals surface area contributed by atoms with Gasteiger partial charge in [0.15, 0.2) is 0 Å². The number of fused-ring (bicyclic) bond motifs is 1. The minimum absolute atomic E-state index is 0.163. The van der Waals surface area contributed by atoms with Crippen LogP contribution in [0.1, 0.15) is 11.3 Å². The van der Waals surface area contributed by atoms with Crippen LogP contribution in [-0.2, 0) is 6.54 Å². The Morgan fingerprint density at radius 2 is 1.84 bits per heavy atom. The van der Waals surface area contributed by atoms with Crippen LogP contribution in [0.25, 0.3) is 33.3 Å². The zero-order chi connectivity index (χ0) is 22.2. The number of pyridine rings is 2. The fourth-order valence-corrected chi connectivity index (χ4v) is 4.18. The minimum Gasteiger partial charge on any atom is -0.311 e. The van der Waals surface area contributed by atoms with Crippen molar-refractivity contribution in [3.8, 4) is 22.4 Å². The van der Waals surface area contributed by atoms with Crippen molar-refractivity contribution in [3.63, 3.8) is 0 Å². The van der Waals surface area contributed by atoms with E-state index in [4.69, 9.17) is 0 Å². The number of nitrogens with zero attached hydrogens (tertiary/aromatic N) is 3. The van der Waals surface area contributed by atoms with Crippen LogP contribution in [0.2, 0.25) is 0 Å². The molecule has 7 heteroatoms. The molecule has 3 heterocycles. The maximum atomic E-state index is 14.1. The molecular formula is C25H18BrFN4O. The van der Waals surface area contributed by atoms with Gasteiger partial charge in [-0.25, -0.2) is 4.39 Å². The largest absolute Gasteiger partial charge is 0.311 e. The molecule has 0 fully saturated rings. The number of aryl methyl sites for hydroxylation is 1. The molecule has 0 aliphatic rings. The fourth-order valence-electron chi connectivity index (χ4n) is 3.77. The van der Waals surface area contributed by atoms with Gasteiger partial charge >= 0.3 is 0 Å². The zero-order valence-electron chi connectivity index (χ0n) is 17.1. The summed E-state index contributed by atoms with van der Waals surface area (Å²) in [4.78, 5) is 17.0. The van der Waals surface area contributed by atoms with Crippen molar-refractivity contribution in [3.05, 3.63) is 105 Å². The normalized spacial score (nSPS) is 11.2. The predicted molar refractivity (Wildman–Crippen MR) is 127 cm³/mol. The molecule has 0 radical (unpaired) electrons. The highest BCUT2D eigenvalue weighted by atomic mass is 79.9. The van der Waals surface area contributed by atoms with Crippen LogP contribution in [0.5, 0.6) is 0 Å². The topological polar surface area (TPSA) is 63.6 Å². The first kappa shape index (κ1) is 20.3. The van der Waals surface area contributed by atoms with Crippen LogP contribution in [-0.4, -0.2) is 19.7 Å². The molecule has 5 rings (SSSR count). The number of aromatic amines is 1. The number of nitrogens with one attached hydrogen (secondary N) is 1. The summed E-state index contributed by atoms with van der Waals surface area (Å²) in [7, 11) is 0. The highest BCUT2D eigenvalue weighted by Gasteiger charge is 2.11. The molecule has 0 saturated heterocycles. The molecule has 1 N–H and O–H groups in total. The summed E-state index contributed by atoms with van der Waals surface area (Å²) in [6, 6.07) is 18.0. The van der Waals surface area contributed by atoms with Crippen LogP contribution in [0.3, 0.4) is 0 Å². The Bertz CT molecular complexity index is 1520. The molecular weight excluding hydrogens is 471 g/mol. The molecule has 0 aliphatic heterocycles. The van der Waals surface area contributed by atoms with Gasteiger partial charge < -0.3 is 4.57 Å². The van der Waals surface area contributed by atoms with Gasteiger partial charge in [0.1, 0.15) is 11.5 Å². The van der Waals surface area contributed by atoms with Crippen molar-refractivity contribution < 1.29 is 4.39 Å². The van der Waals surface area contributed by atoms with E-state index in [9.17, 15) is 9.18 Å². The maximum Gasteiger partial charge on any atom is 0.251 e. The monoisotopic (exact) mass is 488 g/mol. The number of halogens is 2. The van der Waals surface area contributed by atoms with E-state index in [0.717, 1.165) is 43.5 Å². The minimum atomic E-state index is -0.339. The first-order chi connectivity index (χ1) is 15.5. The van der Waals surface area contributed by atoms with Crippen LogP contribution in [0, 0.1) is 12.7 Å². The Morgan fingerprint density at radius 3 is 2.66 bits per heavy atom. The predicted octanol–water partition coefficient (Wildman–Crippen LogP) is 5.71. The van der Waals surface area contributed by atoms with Gasteiger partial charge in [0.25, 0.3) is 5.56 Å². The van der Waals surface area contributed by atoms with Gasteiger partial charge in [0.2, 0.25) is 0 Å². The van der Waals surface area contributed by atoms with E-state index in [1.165, 1.54) is 10.6 Å². The summed E-state index contributed by atoms with van der Waals surface area (Å²) in [5, 5.41) is 8.51. The Morgan fingerprint density at radius 1 is 1.00 bits per heavy atom. The van der Waals surface area contributed by atoms with E-state index in [2.05, 4.69) is 31.1 Å². The molecule has 0 amide bonds. The smallest absolute Gasteiger partial charge is 0.251 e. The average Bonchev–Trinajstić information content (AvgIpc) is 3.21. The standard InChI is InChI=1S/C25H18BrFN4O/c1-15-10-18(6-8-28-15)25-21-12-16(2-5-23(21)29-30-25)17-7-9-31(24(32)13-17)14-19-11-20(26)3-4-22(19)27/h2-13H,14H2,1H3,(H,29,30). The van der Waals surface area contributed by atoms with Crippen LogP contribution < -0.4 is 5.56 Å². The van der Waals surface area contributed by atoms with Gasteiger partial charge in [-0.1, -0.05) is 22.0 Å². The van der Waals surface area contributed by atoms with Gasteiger partial charge in [-0.05, 0) is 66.6 Å². The molecule has 3 aromatic heterocycles. The lowest BCUT2D eigenvalue weighted by Crippen LogP contribution is -2.19. The quantitative estimate of drug-likeness (QED) is 0.352. The Balaban J connectivity index is 1.51. The lowest BCUT2D eigenvalue weighted by molar-refractivity contribution is 0.596. The fraction of sp³-hybridized carbons (Fsp3) is 0.0800. The molecule has 5 nitrogen and oxygen atoms in total. The highest BCUT2D eigenvalue weighted by Crippen LogP contribution is 2.30. The second kappa shape index (κ2) is 8.16. The van der Waals surface area contributed by atoms with E-state index in [-0.39, 0.29) is 17.9 Å². The zero-order valence-corrected chi connectivity index (χ0v) is 18.7.